The van der Waals surface area contributed by atoms with Crippen molar-refractivity contribution in [2.45, 2.75) is 53.0 Å². The van der Waals surface area contributed by atoms with Gasteiger partial charge in [0.05, 0.1) is 10.9 Å². The lowest BCUT2D eigenvalue weighted by Crippen LogP contribution is -2.11. The third-order valence-electron chi connectivity index (χ3n) is 4.13. The summed E-state index contributed by atoms with van der Waals surface area (Å²) < 4.78 is 1.92. The summed E-state index contributed by atoms with van der Waals surface area (Å²) in [5.41, 5.74) is 2.99. The van der Waals surface area contributed by atoms with Gasteiger partial charge in [-0.3, -0.25) is 4.79 Å². The zero-order valence-corrected chi connectivity index (χ0v) is 14.6. The smallest absolute Gasteiger partial charge is 0.225 e. The summed E-state index contributed by atoms with van der Waals surface area (Å²) in [6.45, 7) is 7.02. The maximum Gasteiger partial charge on any atom is 0.225 e. The van der Waals surface area contributed by atoms with E-state index in [2.05, 4.69) is 42.5 Å². The number of pyridine rings is 1. The van der Waals surface area contributed by atoms with Crippen molar-refractivity contribution in [2.75, 3.05) is 5.32 Å². The molecule has 0 aliphatic heterocycles. The van der Waals surface area contributed by atoms with Gasteiger partial charge >= 0.3 is 0 Å². The number of fused-ring (bicyclic) bond motifs is 2. The van der Waals surface area contributed by atoms with Crippen molar-refractivity contribution in [3.63, 3.8) is 0 Å². The van der Waals surface area contributed by atoms with Crippen molar-refractivity contribution in [3.05, 3.63) is 29.8 Å². The molecule has 0 atom stereocenters. The van der Waals surface area contributed by atoms with E-state index in [0.717, 1.165) is 47.7 Å². The van der Waals surface area contributed by atoms with E-state index < -0.39 is 0 Å². The quantitative estimate of drug-likeness (QED) is 0.729. The predicted molar refractivity (Wildman–Crippen MR) is 98.2 cm³/mol. The normalized spacial score (nSPS) is 11.3. The maximum absolute atomic E-state index is 12.0. The molecule has 126 valence electrons. The van der Waals surface area contributed by atoms with Crippen LogP contribution in [0.25, 0.3) is 21.9 Å². The third-order valence-corrected chi connectivity index (χ3v) is 4.13. The second-order valence-corrected chi connectivity index (χ2v) is 6.28. The van der Waals surface area contributed by atoms with Gasteiger partial charge < -0.3 is 5.32 Å². The van der Waals surface area contributed by atoms with Crippen LogP contribution in [0.2, 0.25) is 0 Å². The molecule has 0 unspecified atom stereocenters. The molecule has 1 N–H and O–H groups in total. The van der Waals surface area contributed by atoms with Crippen LogP contribution >= 0.6 is 0 Å². The van der Waals surface area contributed by atoms with Crippen LogP contribution in [0, 0.1) is 6.92 Å². The van der Waals surface area contributed by atoms with E-state index in [1.807, 2.05) is 17.7 Å². The molecule has 2 heterocycles. The van der Waals surface area contributed by atoms with Crippen molar-refractivity contribution in [1.82, 2.24) is 14.8 Å². The lowest BCUT2D eigenvalue weighted by molar-refractivity contribution is -0.116. The highest BCUT2D eigenvalue weighted by atomic mass is 16.1. The number of carbonyl (C=O) groups is 1. The largest absolute Gasteiger partial charge is 0.309 e. The maximum atomic E-state index is 12.0. The molecule has 0 fully saturated rings. The summed E-state index contributed by atoms with van der Waals surface area (Å²) in [6.07, 6.45) is 3.45. The topological polar surface area (TPSA) is 59.8 Å². The summed E-state index contributed by atoms with van der Waals surface area (Å²) in [4.78, 5) is 16.8. The Labute approximate surface area is 142 Å². The summed E-state index contributed by atoms with van der Waals surface area (Å²) in [5, 5.41) is 9.55. The van der Waals surface area contributed by atoms with E-state index in [1.165, 1.54) is 5.56 Å². The van der Waals surface area contributed by atoms with Crippen molar-refractivity contribution in [2.24, 2.45) is 0 Å². The number of anilines is 1. The Morgan fingerprint density at radius 2 is 2.04 bits per heavy atom. The van der Waals surface area contributed by atoms with Crippen LogP contribution in [0.15, 0.2) is 24.3 Å². The van der Waals surface area contributed by atoms with Crippen LogP contribution in [-0.4, -0.2) is 20.7 Å². The van der Waals surface area contributed by atoms with Crippen molar-refractivity contribution in [3.8, 4) is 0 Å². The summed E-state index contributed by atoms with van der Waals surface area (Å²) >= 11 is 0. The number of unbranched alkanes of at least 4 members (excludes halogenated alkanes) is 1. The zero-order valence-electron chi connectivity index (χ0n) is 14.6. The second-order valence-electron chi connectivity index (χ2n) is 6.28. The molecular weight excluding hydrogens is 300 g/mol. The van der Waals surface area contributed by atoms with E-state index in [0.29, 0.717) is 12.2 Å². The molecule has 1 aromatic carbocycles. The Morgan fingerprint density at radius 3 is 2.79 bits per heavy atom. The van der Waals surface area contributed by atoms with Crippen molar-refractivity contribution < 1.29 is 4.79 Å². The molecule has 0 saturated heterocycles. The van der Waals surface area contributed by atoms with E-state index in [4.69, 9.17) is 4.98 Å². The summed E-state index contributed by atoms with van der Waals surface area (Å²) in [7, 11) is 0. The summed E-state index contributed by atoms with van der Waals surface area (Å²) in [6, 6.07) is 8.30. The van der Waals surface area contributed by atoms with Gasteiger partial charge in [-0.15, -0.1) is 0 Å². The molecule has 0 bridgehead atoms. The highest BCUT2D eigenvalue weighted by Crippen LogP contribution is 2.27. The standard InChI is InChI=1S/C19H24N4O/c1-4-6-10-23-19-15(18(22-23)21-17(24)7-5-2)12-14-11-13(3)8-9-16(14)20-19/h8-9,11-12H,4-7,10H2,1-3H3,(H,21,22,24). The van der Waals surface area contributed by atoms with Gasteiger partial charge in [0.15, 0.2) is 11.5 Å². The minimum Gasteiger partial charge on any atom is -0.309 e. The molecule has 1 amide bonds. The average Bonchev–Trinajstić information content (AvgIpc) is 2.88. The number of nitrogens with zero attached hydrogens (tertiary/aromatic N) is 3. The minimum absolute atomic E-state index is 0.00359. The first-order chi connectivity index (χ1) is 11.6. The first kappa shape index (κ1) is 16.4. The Morgan fingerprint density at radius 1 is 1.21 bits per heavy atom. The molecule has 0 aliphatic carbocycles. The van der Waals surface area contributed by atoms with E-state index in [-0.39, 0.29) is 5.91 Å². The highest BCUT2D eigenvalue weighted by Gasteiger charge is 2.15. The monoisotopic (exact) mass is 324 g/mol. The van der Waals surface area contributed by atoms with Gasteiger partial charge in [0, 0.05) is 18.4 Å². The number of hydrogen-bond donors (Lipinski definition) is 1. The number of aromatic nitrogens is 3. The highest BCUT2D eigenvalue weighted by molar-refractivity contribution is 6.02. The Kier molecular flexibility index (Phi) is 4.79. The first-order valence-corrected chi connectivity index (χ1v) is 8.70. The predicted octanol–water partition coefficient (Wildman–Crippen LogP) is 4.43. The fourth-order valence-corrected chi connectivity index (χ4v) is 2.86. The lowest BCUT2D eigenvalue weighted by Gasteiger charge is -2.03. The number of aryl methyl sites for hydroxylation is 2. The molecule has 0 aliphatic rings. The molecule has 5 nitrogen and oxygen atoms in total. The Hall–Kier alpha value is -2.43. The molecule has 24 heavy (non-hydrogen) atoms. The number of amides is 1. The number of benzene rings is 1. The molecule has 2 aromatic heterocycles. The molecule has 3 rings (SSSR count). The van der Waals surface area contributed by atoms with Gasteiger partial charge in [0.2, 0.25) is 5.91 Å². The van der Waals surface area contributed by atoms with Gasteiger partial charge in [0.25, 0.3) is 0 Å². The van der Waals surface area contributed by atoms with E-state index >= 15 is 0 Å². The fraction of sp³-hybridized carbons (Fsp3) is 0.421. The second kappa shape index (κ2) is 6.99. The molecule has 0 radical (unpaired) electrons. The number of nitrogens with one attached hydrogen (secondary N) is 1. The minimum atomic E-state index is 0.00359. The molecule has 0 spiro atoms. The number of carbonyl (C=O) groups excluding carboxylic acids is 1. The lowest BCUT2D eigenvalue weighted by atomic mass is 10.1. The number of hydrogen-bond acceptors (Lipinski definition) is 3. The van der Waals surface area contributed by atoms with Gasteiger partial charge in [-0.2, -0.15) is 5.10 Å². The Bertz CT molecular complexity index is 882. The van der Waals surface area contributed by atoms with E-state index in [1.54, 1.807) is 0 Å². The van der Waals surface area contributed by atoms with Crippen LogP contribution in [0.1, 0.15) is 45.1 Å². The van der Waals surface area contributed by atoms with Gasteiger partial charge in [-0.05, 0) is 38.0 Å². The average molecular weight is 324 g/mol. The van der Waals surface area contributed by atoms with Gasteiger partial charge in [-0.25, -0.2) is 9.67 Å². The van der Waals surface area contributed by atoms with Crippen LogP contribution < -0.4 is 5.32 Å². The van der Waals surface area contributed by atoms with Crippen LogP contribution in [-0.2, 0) is 11.3 Å². The third kappa shape index (κ3) is 3.25. The molecular formula is C19H24N4O. The van der Waals surface area contributed by atoms with Crippen LogP contribution in [0.5, 0.6) is 0 Å². The van der Waals surface area contributed by atoms with Crippen LogP contribution in [0.3, 0.4) is 0 Å². The Balaban J connectivity index is 2.12. The van der Waals surface area contributed by atoms with Crippen LogP contribution in [0.4, 0.5) is 5.82 Å². The molecule has 3 aromatic rings. The number of rotatable bonds is 6. The molecule has 5 heteroatoms. The summed E-state index contributed by atoms with van der Waals surface area (Å²) in [5.74, 6) is 0.624. The SMILES string of the molecule is CCCCn1nc(NC(=O)CCC)c2cc3cc(C)ccc3nc21. The molecule has 0 saturated carbocycles. The first-order valence-electron chi connectivity index (χ1n) is 8.70. The van der Waals surface area contributed by atoms with Gasteiger partial charge in [0.1, 0.15) is 0 Å². The zero-order chi connectivity index (χ0) is 17.1. The van der Waals surface area contributed by atoms with Gasteiger partial charge in [-0.1, -0.05) is 31.9 Å². The van der Waals surface area contributed by atoms with Crippen molar-refractivity contribution >= 4 is 33.7 Å². The van der Waals surface area contributed by atoms with E-state index in [9.17, 15) is 4.79 Å². The fourth-order valence-electron chi connectivity index (χ4n) is 2.86. The van der Waals surface area contributed by atoms with Crippen molar-refractivity contribution in [1.29, 1.82) is 0 Å².